The third kappa shape index (κ3) is 4.11. The van der Waals surface area contributed by atoms with E-state index in [0.717, 1.165) is 0 Å². The molecule has 0 atom stereocenters. The van der Waals surface area contributed by atoms with Gasteiger partial charge in [-0.25, -0.2) is 4.79 Å². The summed E-state index contributed by atoms with van der Waals surface area (Å²) in [6.07, 6.45) is 0. The van der Waals surface area contributed by atoms with Gasteiger partial charge in [0.15, 0.2) is 4.96 Å². The molecule has 0 unspecified atom stereocenters. The van der Waals surface area contributed by atoms with Crippen molar-refractivity contribution in [3.8, 4) is 0 Å². The van der Waals surface area contributed by atoms with Crippen molar-refractivity contribution in [3.63, 3.8) is 0 Å². The molecule has 1 N–H and O–H groups in total. The van der Waals surface area contributed by atoms with Crippen LogP contribution in [-0.4, -0.2) is 17.5 Å². The third-order valence-corrected chi connectivity index (χ3v) is 2.62. The summed E-state index contributed by atoms with van der Waals surface area (Å²) in [4.78, 5) is 10.6. The van der Waals surface area contributed by atoms with Crippen molar-refractivity contribution in [2.24, 2.45) is 0 Å². The van der Waals surface area contributed by atoms with E-state index in [0.29, 0.717) is 5.69 Å². The zero-order valence-electron chi connectivity index (χ0n) is 8.77. The van der Waals surface area contributed by atoms with E-state index in [9.17, 15) is 4.79 Å². The van der Waals surface area contributed by atoms with Gasteiger partial charge in [-0.05, 0) is 19.1 Å². The first-order valence-electron chi connectivity index (χ1n) is 4.66. The highest BCUT2D eigenvalue weighted by Gasteiger charge is 2.14. The molecule has 0 bridgehead atoms. The first kappa shape index (κ1) is 14.7. The van der Waals surface area contributed by atoms with Crippen molar-refractivity contribution in [1.29, 1.82) is 0 Å². The molecule has 1 aromatic rings. The van der Waals surface area contributed by atoms with Gasteiger partial charge >= 0.3 is 5.97 Å². The molecule has 1 aromatic carbocycles. The van der Waals surface area contributed by atoms with Crippen molar-refractivity contribution < 1.29 is 9.53 Å². The number of carbonyl (C=O) groups is 1. The van der Waals surface area contributed by atoms with Crippen LogP contribution in [0.4, 0.5) is 5.69 Å². The number of alkyl halides is 2. The van der Waals surface area contributed by atoms with Crippen molar-refractivity contribution in [2.75, 3.05) is 11.9 Å². The monoisotopic (exact) mass is 315 g/mol. The van der Waals surface area contributed by atoms with E-state index in [1.54, 1.807) is 6.92 Å². The molecule has 17 heavy (non-hydrogen) atoms. The molecule has 7 heteroatoms. The van der Waals surface area contributed by atoms with E-state index in [1.165, 1.54) is 12.1 Å². The molecular formula is C10H9Cl4NO2. The fraction of sp³-hybridized carbons (Fsp3) is 0.300. The second-order valence-corrected chi connectivity index (χ2v) is 4.89. The summed E-state index contributed by atoms with van der Waals surface area (Å²) < 4.78 is 4.83. The van der Waals surface area contributed by atoms with Gasteiger partial charge in [0.05, 0.1) is 27.9 Å². The molecule has 0 amide bonds. The zero-order chi connectivity index (χ0) is 13.0. The Kier molecular flexibility index (Phi) is 5.67. The number of carbonyl (C=O) groups excluding carboxylic acids is 1. The maximum atomic E-state index is 11.5. The number of rotatable bonds is 4. The van der Waals surface area contributed by atoms with Crippen LogP contribution in [0.5, 0.6) is 0 Å². The fourth-order valence-corrected chi connectivity index (χ4v) is 1.97. The third-order valence-electron chi connectivity index (χ3n) is 1.81. The number of anilines is 1. The normalized spacial score (nSPS) is 10.5. The Balaban J connectivity index is 3.04. The highest BCUT2D eigenvalue weighted by atomic mass is 35.5. The summed E-state index contributed by atoms with van der Waals surface area (Å²) in [5, 5.41) is 3.14. The molecule has 0 fully saturated rings. The quantitative estimate of drug-likeness (QED) is 0.510. The van der Waals surface area contributed by atoms with Gasteiger partial charge in [-0.3, -0.25) is 0 Å². The van der Waals surface area contributed by atoms with Gasteiger partial charge in [-0.2, -0.15) is 0 Å². The smallest absolute Gasteiger partial charge is 0.338 e. The Bertz CT molecular complexity index is 400. The molecule has 0 saturated heterocycles. The molecule has 0 radical (unpaired) electrons. The number of ether oxygens (including phenoxy) is 1. The lowest BCUT2D eigenvalue weighted by Crippen LogP contribution is -2.08. The lowest BCUT2D eigenvalue weighted by molar-refractivity contribution is 0.0526. The Morgan fingerprint density at radius 2 is 1.88 bits per heavy atom. The SMILES string of the molecule is CCOC(=O)c1cc(Cl)c(NC(Cl)Cl)c(Cl)c1. The zero-order valence-corrected chi connectivity index (χ0v) is 11.8. The van der Waals surface area contributed by atoms with Crippen LogP contribution in [0, 0.1) is 0 Å². The predicted molar refractivity (Wildman–Crippen MR) is 71.5 cm³/mol. The van der Waals surface area contributed by atoms with Crippen LogP contribution >= 0.6 is 46.4 Å². The van der Waals surface area contributed by atoms with Crippen LogP contribution in [-0.2, 0) is 4.74 Å². The van der Waals surface area contributed by atoms with Gasteiger partial charge in [0.25, 0.3) is 0 Å². The van der Waals surface area contributed by atoms with Crippen LogP contribution in [0.2, 0.25) is 10.0 Å². The molecule has 94 valence electrons. The minimum Gasteiger partial charge on any atom is -0.462 e. The topological polar surface area (TPSA) is 38.3 Å². The largest absolute Gasteiger partial charge is 0.462 e. The van der Waals surface area contributed by atoms with Gasteiger partial charge < -0.3 is 10.1 Å². The van der Waals surface area contributed by atoms with E-state index in [2.05, 4.69) is 5.32 Å². The molecule has 0 aromatic heterocycles. The number of hydrogen-bond donors (Lipinski definition) is 1. The van der Waals surface area contributed by atoms with E-state index in [4.69, 9.17) is 51.1 Å². The summed E-state index contributed by atoms with van der Waals surface area (Å²) in [6, 6.07) is 2.87. The molecule has 1 rings (SSSR count). The van der Waals surface area contributed by atoms with E-state index >= 15 is 0 Å². The molecule has 3 nitrogen and oxygen atoms in total. The average Bonchev–Trinajstić information content (AvgIpc) is 2.23. The van der Waals surface area contributed by atoms with Crippen LogP contribution in [0.3, 0.4) is 0 Å². The number of halogens is 4. The van der Waals surface area contributed by atoms with Crippen LogP contribution in [0.1, 0.15) is 17.3 Å². The first-order chi connectivity index (χ1) is 7.95. The van der Waals surface area contributed by atoms with E-state index in [1.807, 2.05) is 0 Å². The molecule has 0 spiro atoms. The van der Waals surface area contributed by atoms with Gasteiger partial charge in [0, 0.05) is 0 Å². The second kappa shape index (κ2) is 6.55. The van der Waals surface area contributed by atoms with Crippen molar-refractivity contribution in [1.82, 2.24) is 0 Å². The lowest BCUT2D eigenvalue weighted by Gasteiger charge is -2.12. The highest BCUT2D eigenvalue weighted by molar-refractivity contribution is 6.46. The summed E-state index contributed by atoms with van der Waals surface area (Å²) in [6.45, 7) is 1.99. The van der Waals surface area contributed by atoms with Gasteiger partial charge in [0.1, 0.15) is 0 Å². The van der Waals surface area contributed by atoms with E-state index < -0.39 is 10.9 Å². The van der Waals surface area contributed by atoms with Crippen molar-refractivity contribution in [2.45, 2.75) is 11.9 Å². The number of hydrogen-bond acceptors (Lipinski definition) is 3. The highest BCUT2D eigenvalue weighted by Crippen LogP contribution is 2.33. The fourth-order valence-electron chi connectivity index (χ4n) is 1.15. The molecule has 0 saturated carbocycles. The lowest BCUT2D eigenvalue weighted by atomic mass is 10.2. The molecule has 0 aliphatic carbocycles. The van der Waals surface area contributed by atoms with Crippen LogP contribution in [0.15, 0.2) is 12.1 Å². The number of esters is 1. The minimum atomic E-state index is -0.849. The summed E-state index contributed by atoms with van der Waals surface area (Å²) in [5.74, 6) is -0.490. The Morgan fingerprint density at radius 1 is 1.35 bits per heavy atom. The Morgan fingerprint density at radius 3 is 2.29 bits per heavy atom. The molecule has 0 aliphatic rings. The summed E-state index contributed by atoms with van der Waals surface area (Å²) in [7, 11) is 0. The van der Waals surface area contributed by atoms with Crippen molar-refractivity contribution in [3.05, 3.63) is 27.7 Å². The predicted octanol–water partition coefficient (Wildman–Crippen LogP) is 4.34. The number of benzene rings is 1. The molecule has 0 aliphatic heterocycles. The minimum absolute atomic E-state index is 0.242. The van der Waals surface area contributed by atoms with Gasteiger partial charge in [-0.1, -0.05) is 46.4 Å². The first-order valence-corrected chi connectivity index (χ1v) is 6.29. The van der Waals surface area contributed by atoms with E-state index in [-0.39, 0.29) is 22.2 Å². The Hall–Kier alpha value is -0.350. The van der Waals surface area contributed by atoms with Crippen molar-refractivity contribution >= 4 is 58.1 Å². The van der Waals surface area contributed by atoms with Crippen LogP contribution in [0.25, 0.3) is 0 Å². The second-order valence-electron chi connectivity index (χ2n) is 2.98. The van der Waals surface area contributed by atoms with Gasteiger partial charge in [0.2, 0.25) is 0 Å². The maximum Gasteiger partial charge on any atom is 0.338 e. The standard InChI is InChI=1S/C10H9Cl4NO2/c1-2-17-9(16)5-3-6(11)8(7(12)4-5)15-10(13)14/h3-4,10,15H,2H2,1H3. The average molecular weight is 317 g/mol. The maximum absolute atomic E-state index is 11.5. The molecule has 0 heterocycles. The molecular weight excluding hydrogens is 308 g/mol. The van der Waals surface area contributed by atoms with Crippen LogP contribution < -0.4 is 5.32 Å². The summed E-state index contributed by atoms with van der Waals surface area (Å²) in [5.41, 5.74) is 0.643. The van der Waals surface area contributed by atoms with Gasteiger partial charge in [-0.15, -0.1) is 0 Å². The Labute approximate surface area is 119 Å². The number of nitrogens with one attached hydrogen (secondary N) is 1. The summed E-state index contributed by atoms with van der Waals surface area (Å²) >= 11 is 23.0.